The Morgan fingerprint density at radius 2 is 1.92 bits per heavy atom. The molecule has 0 radical (unpaired) electrons. The summed E-state index contributed by atoms with van der Waals surface area (Å²) >= 11 is 6.04. The van der Waals surface area contributed by atoms with Crippen LogP contribution in [0.4, 0.5) is 17.6 Å². The molecule has 1 aliphatic carbocycles. The highest BCUT2D eigenvalue weighted by Crippen LogP contribution is 2.50. The summed E-state index contributed by atoms with van der Waals surface area (Å²) in [5, 5.41) is 9.93. The predicted molar refractivity (Wildman–Crippen MR) is 133 cm³/mol. The molecule has 0 amide bonds. The maximum atomic E-state index is 15.9. The predicted octanol–water partition coefficient (Wildman–Crippen LogP) is 6.95. The Hall–Kier alpha value is -2.52. The molecule has 2 aliphatic heterocycles. The molecule has 2 aromatic carbocycles. The fraction of sp³-hybridized carbons (Fsp3) is 0.536. The number of likely N-dealkylation sites (tertiary alicyclic amines) is 1. The van der Waals surface area contributed by atoms with Gasteiger partial charge in [0.15, 0.2) is 11.6 Å². The number of halogens is 5. The van der Waals surface area contributed by atoms with E-state index in [0.29, 0.717) is 54.9 Å². The third kappa shape index (κ3) is 5.73. The van der Waals surface area contributed by atoms with Gasteiger partial charge in [-0.3, -0.25) is 9.69 Å². The highest BCUT2D eigenvalue weighted by Gasteiger charge is 2.44. The van der Waals surface area contributed by atoms with Gasteiger partial charge in [0.05, 0.1) is 5.92 Å². The molecule has 1 saturated heterocycles. The number of alkyl halides is 3. The Morgan fingerprint density at radius 1 is 1.21 bits per heavy atom. The van der Waals surface area contributed by atoms with Crippen molar-refractivity contribution >= 4 is 17.6 Å². The Morgan fingerprint density at radius 3 is 2.55 bits per heavy atom. The number of benzene rings is 2. The van der Waals surface area contributed by atoms with Gasteiger partial charge in [0.1, 0.15) is 11.4 Å². The van der Waals surface area contributed by atoms with E-state index in [1.54, 1.807) is 13.0 Å². The van der Waals surface area contributed by atoms with Gasteiger partial charge in [0.2, 0.25) is 0 Å². The smallest absolute Gasteiger partial charge is 0.484 e. The topological polar surface area (TPSA) is 59.0 Å². The minimum Gasteiger partial charge on any atom is -0.484 e. The van der Waals surface area contributed by atoms with Crippen molar-refractivity contribution in [1.82, 2.24) is 4.90 Å². The Kier molecular flexibility index (Phi) is 7.28. The molecule has 2 unspecified atom stereocenters. The number of carboxylic acid groups (broad SMARTS) is 1. The van der Waals surface area contributed by atoms with E-state index in [9.17, 15) is 23.1 Å². The van der Waals surface area contributed by atoms with Gasteiger partial charge in [0, 0.05) is 36.1 Å². The fourth-order valence-corrected chi connectivity index (χ4v) is 6.15. The lowest BCUT2D eigenvalue weighted by Gasteiger charge is -2.45. The van der Waals surface area contributed by atoms with Crippen LogP contribution in [0.2, 0.25) is 5.02 Å². The van der Waals surface area contributed by atoms with E-state index in [4.69, 9.17) is 16.3 Å². The molecule has 1 N–H and O–H groups in total. The lowest BCUT2D eigenvalue weighted by molar-refractivity contribution is -0.275. The molecule has 3 aliphatic rings. The number of carbonyl (C=O) groups is 1. The SMILES string of the molecule is CC(C(=O)O)C(c1ccc2c(c1F)OC1(CC2)CCN(Cc2cc(Cl)ccc2OC(F)(F)F)CC1)C1CC1. The number of nitrogens with zero attached hydrogens (tertiary/aromatic N) is 1. The second kappa shape index (κ2) is 10.2. The van der Waals surface area contributed by atoms with Gasteiger partial charge in [0.25, 0.3) is 0 Å². The lowest BCUT2D eigenvalue weighted by atomic mass is 9.80. The highest BCUT2D eigenvalue weighted by atomic mass is 35.5. The van der Waals surface area contributed by atoms with E-state index < -0.39 is 35.6 Å². The minimum absolute atomic E-state index is 0.159. The molecule has 1 saturated carbocycles. The van der Waals surface area contributed by atoms with Crippen molar-refractivity contribution < 1.29 is 36.9 Å². The van der Waals surface area contributed by atoms with Crippen LogP contribution in [-0.2, 0) is 17.8 Å². The van der Waals surface area contributed by atoms with Crippen LogP contribution < -0.4 is 9.47 Å². The Balaban J connectivity index is 1.30. The summed E-state index contributed by atoms with van der Waals surface area (Å²) < 4.78 is 65.0. The summed E-state index contributed by atoms with van der Waals surface area (Å²) in [5.74, 6) is -2.39. The normalized spacial score (nSPS) is 20.9. The summed E-state index contributed by atoms with van der Waals surface area (Å²) in [5.41, 5.74) is 0.962. The van der Waals surface area contributed by atoms with Crippen molar-refractivity contribution in [3.63, 3.8) is 0 Å². The molecule has 2 atom stereocenters. The summed E-state index contributed by atoms with van der Waals surface area (Å²) in [7, 11) is 0. The van der Waals surface area contributed by atoms with Crippen LogP contribution in [0.1, 0.15) is 61.6 Å². The number of aryl methyl sites for hydroxylation is 1. The molecule has 10 heteroatoms. The zero-order valence-corrected chi connectivity index (χ0v) is 21.7. The van der Waals surface area contributed by atoms with Crippen molar-refractivity contribution in [2.45, 2.75) is 69.9 Å². The monoisotopic (exact) mass is 555 g/mol. The Labute approximate surface area is 223 Å². The van der Waals surface area contributed by atoms with Crippen molar-refractivity contribution in [2.24, 2.45) is 11.8 Å². The summed E-state index contributed by atoms with van der Waals surface area (Å²) in [6, 6.07) is 7.65. The van der Waals surface area contributed by atoms with Gasteiger partial charge in [-0.1, -0.05) is 30.7 Å². The van der Waals surface area contributed by atoms with E-state index in [0.717, 1.165) is 18.4 Å². The largest absolute Gasteiger partial charge is 0.573 e. The second-order valence-electron chi connectivity index (χ2n) is 10.8. The summed E-state index contributed by atoms with van der Waals surface area (Å²) in [4.78, 5) is 13.7. The number of hydrogen-bond acceptors (Lipinski definition) is 4. The number of carboxylic acids is 1. The van der Waals surface area contributed by atoms with Crippen LogP contribution in [0.15, 0.2) is 30.3 Å². The molecule has 1 spiro atoms. The average molecular weight is 556 g/mol. The molecule has 0 aromatic heterocycles. The second-order valence-corrected chi connectivity index (χ2v) is 11.2. The third-order valence-corrected chi connectivity index (χ3v) is 8.44. The molecule has 206 valence electrons. The van der Waals surface area contributed by atoms with E-state index in [2.05, 4.69) is 4.74 Å². The van der Waals surface area contributed by atoms with E-state index in [1.165, 1.54) is 18.2 Å². The average Bonchev–Trinajstić information content (AvgIpc) is 3.69. The first-order chi connectivity index (χ1) is 17.9. The van der Waals surface area contributed by atoms with E-state index >= 15 is 4.39 Å². The Bertz CT molecular complexity index is 1210. The molecule has 5 rings (SSSR count). The first-order valence-corrected chi connectivity index (χ1v) is 13.3. The van der Waals surface area contributed by atoms with Crippen molar-refractivity contribution in [2.75, 3.05) is 13.1 Å². The van der Waals surface area contributed by atoms with Gasteiger partial charge >= 0.3 is 12.3 Å². The van der Waals surface area contributed by atoms with Crippen molar-refractivity contribution in [1.29, 1.82) is 0 Å². The van der Waals surface area contributed by atoms with Crippen LogP contribution >= 0.6 is 11.6 Å². The highest BCUT2D eigenvalue weighted by molar-refractivity contribution is 6.30. The number of hydrogen-bond donors (Lipinski definition) is 1. The standard InChI is InChI=1S/C28H30ClF4NO4/c1-16(26(35)36)23(17-2-3-17)21-6-4-18-8-9-27(38-25(18)24(21)30)10-12-34(13-11-27)15-19-14-20(29)5-7-22(19)37-28(31,32)33/h4-7,14,16-17,23H,2-3,8-13,15H2,1H3,(H,35,36). The molecule has 2 fully saturated rings. The number of ether oxygens (including phenoxy) is 2. The van der Waals surface area contributed by atoms with Crippen LogP contribution in [0.3, 0.4) is 0 Å². The molecule has 38 heavy (non-hydrogen) atoms. The number of piperidine rings is 1. The van der Waals surface area contributed by atoms with Gasteiger partial charge in [-0.05, 0) is 73.8 Å². The lowest BCUT2D eigenvalue weighted by Crippen LogP contribution is -2.49. The third-order valence-electron chi connectivity index (χ3n) is 8.20. The van der Waals surface area contributed by atoms with Crippen molar-refractivity contribution in [3.05, 3.63) is 57.9 Å². The maximum Gasteiger partial charge on any atom is 0.573 e. The number of fused-ring (bicyclic) bond motifs is 1. The molecular weight excluding hydrogens is 526 g/mol. The van der Waals surface area contributed by atoms with Crippen LogP contribution in [0, 0.1) is 17.7 Å². The first kappa shape index (κ1) is 27.1. The zero-order valence-electron chi connectivity index (χ0n) is 21.0. The van der Waals surface area contributed by atoms with Gasteiger partial charge in [-0.15, -0.1) is 13.2 Å². The van der Waals surface area contributed by atoms with E-state index in [1.807, 2.05) is 11.0 Å². The van der Waals surface area contributed by atoms with Crippen LogP contribution in [0.25, 0.3) is 0 Å². The van der Waals surface area contributed by atoms with E-state index in [-0.39, 0.29) is 24.0 Å². The molecule has 5 nitrogen and oxygen atoms in total. The summed E-state index contributed by atoms with van der Waals surface area (Å²) in [6.07, 6.45) is -0.491. The quantitative estimate of drug-likeness (QED) is 0.375. The minimum atomic E-state index is -4.80. The van der Waals surface area contributed by atoms with Crippen LogP contribution in [-0.4, -0.2) is 41.0 Å². The number of rotatable bonds is 7. The molecular formula is C28H30ClF4NO4. The van der Waals surface area contributed by atoms with Gasteiger partial charge in [-0.2, -0.15) is 0 Å². The molecule has 0 bridgehead atoms. The molecule has 2 heterocycles. The number of aliphatic carboxylic acids is 1. The molecule has 2 aromatic rings. The maximum absolute atomic E-state index is 15.9. The fourth-order valence-electron chi connectivity index (χ4n) is 5.95. The van der Waals surface area contributed by atoms with Crippen molar-refractivity contribution in [3.8, 4) is 11.5 Å². The van der Waals surface area contributed by atoms with Crippen LogP contribution in [0.5, 0.6) is 11.5 Å². The zero-order chi connectivity index (χ0) is 27.2. The summed E-state index contributed by atoms with van der Waals surface area (Å²) in [6.45, 7) is 2.96. The van der Waals surface area contributed by atoms with Gasteiger partial charge in [-0.25, -0.2) is 4.39 Å². The van der Waals surface area contributed by atoms with Gasteiger partial charge < -0.3 is 14.6 Å². The first-order valence-electron chi connectivity index (χ1n) is 12.9.